The number of fused-ring (bicyclic) bond motifs is 1. The van der Waals surface area contributed by atoms with Crippen molar-refractivity contribution < 1.29 is 19.2 Å². The fourth-order valence-electron chi connectivity index (χ4n) is 4.24. The van der Waals surface area contributed by atoms with Crippen molar-refractivity contribution in [2.45, 2.75) is 25.7 Å². The van der Waals surface area contributed by atoms with Crippen LogP contribution >= 0.6 is 0 Å². The molecule has 2 aliphatic heterocycles. The van der Waals surface area contributed by atoms with Crippen molar-refractivity contribution in [2.24, 2.45) is 11.7 Å². The highest BCUT2D eigenvalue weighted by atomic mass is 16.2. The zero-order valence-corrected chi connectivity index (χ0v) is 17.8. The molecule has 0 aliphatic carbocycles. The Hall–Kier alpha value is -3.68. The Morgan fingerprint density at radius 2 is 1.53 bits per heavy atom. The van der Waals surface area contributed by atoms with E-state index in [4.69, 9.17) is 5.73 Å². The maximum Gasteiger partial charge on any atom is 0.261 e. The molecule has 1 fully saturated rings. The standard InChI is InChI=1S/C24H26N4O4/c25-22(30)16-11-14-27(15-12-16)18-9-7-17(8-10-18)26-21(29)6-3-13-28-23(31)19-4-1-2-5-20(19)24(28)32/h1-2,4-5,7-10,16H,3,6,11-15H2,(H2,25,30)(H,26,29). The minimum atomic E-state index is -0.304. The van der Waals surface area contributed by atoms with E-state index in [2.05, 4.69) is 10.2 Å². The number of nitrogens with one attached hydrogen (secondary N) is 1. The predicted octanol–water partition coefficient (Wildman–Crippen LogP) is 2.40. The lowest BCUT2D eigenvalue weighted by atomic mass is 9.96. The Balaban J connectivity index is 1.23. The first-order valence-electron chi connectivity index (χ1n) is 10.8. The number of carbonyl (C=O) groups is 4. The Morgan fingerprint density at radius 3 is 2.09 bits per heavy atom. The van der Waals surface area contributed by atoms with Crippen molar-refractivity contribution in [1.29, 1.82) is 0 Å². The monoisotopic (exact) mass is 434 g/mol. The number of rotatable bonds is 7. The minimum Gasteiger partial charge on any atom is -0.371 e. The van der Waals surface area contributed by atoms with E-state index in [9.17, 15) is 19.2 Å². The maximum atomic E-state index is 12.4. The molecular weight excluding hydrogens is 408 g/mol. The van der Waals surface area contributed by atoms with Gasteiger partial charge < -0.3 is 16.0 Å². The molecule has 2 aromatic carbocycles. The Labute approximate surface area is 186 Å². The van der Waals surface area contributed by atoms with Crippen molar-refractivity contribution in [3.05, 3.63) is 59.7 Å². The highest BCUT2D eigenvalue weighted by molar-refractivity contribution is 6.21. The summed E-state index contributed by atoms with van der Waals surface area (Å²) in [5, 5.41) is 2.85. The van der Waals surface area contributed by atoms with E-state index in [-0.39, 0.29) is 42.5 Å². The largest absolute Gasteiger partial charge is 0.371 e. The van der Waals surface area contributed by atoms with E-state index < -0.39 is 0 Å². The molecule has 32 heavy (non-hydrogen) atoms. The van der Waals surface area contributed by atoms with Crippen LogP contribution in [0.5, 0.6) is 0 Å². The number of amides is 4. The van der Waals surface area contributed by atoms with Crippen LogP contribution in [0.1, 0.15) is 46.4 Å². The molecule has 4 amide bonds. The molecule has 0 bridgehead atoms. The molecule has 0 radical (unpaired) electrons. The molecule has 0 saturated carbocycles. The van der Waals surface area contributed by atoms with Gasteiger partial charge in [0.15, 0.2) is 0 Å². The molecule has 166 valence electrons. The quantitative estimate of drug-likeness (QED) is 0.650. The summed E-state index contributed by atoms with van der Waals surface area (Å²) >= 11 is 0. The van der Waals surface area contributed by atoms with Crippen molar-refractivity contribution in [2.75, 3.05) is 29.9 Å². The number of benzene rings is 2. The Bertz CT molecular complexity index is 1010. The van der Waals surface area contributed by atoms with E-state index >= 15 is 0 Å². The molecule has 0 aromatic heterocycles. The van der Waals surface area contributed by atoms with Gasteiger partial charge in [0.1, 0.15) is 0 Å². The molecule has 8 nitrogen and oxygen atoms in total. The van der Waals surface area contributed by atoms with Crippen LogP contribution in [0.2, 0.25) is 0 Å². The van der Waals surface area contributed by atoms with E-state index in [1.54, 1.807) is 24.3 Å². The molecule has 8 heteroatoms. The fourth-order valence-corrected chi connectivity index (χ4v) is 4.24. The number of primary amides is 1. The molecule has 2 aromatic rings. The molecule has 2 heterocycles. The van der Waals surface area contributed by atoms with E-state index in [1.807, 2.05) is 24.3 Å². The predicted molar refractivity (Wildman–Crippen MR) is 120 cm³/mol. The molecule has 0 spiro atoms. The van der Waals surface area contributed by atoms with Crippen LogP contribution in [-0.4, -0.2) is 48.2 Å². The number of anilines is 2. The molecular formula is C24H26N4O4. The van der Waals surface area contributed by atoms with Crippen LogP contribution in [-0.2, 0) is 9.59 Å². The zero-order chi connectivity index (χ0) is 22.7. The van der Waals surface area contributed by atoms with Crippen molar-refractivity contribution in [1.82, 2.24) is 4.90 Å². The average molecular weight is 434 g/mol. The highest BCUT2D eigenvalue weighted by Crippen LogP contribution is 2.25. The van der Waals surface area contributed by atoms with Crippen LogP contribution in [0.15, 0.2) is 48.5 Å². The Morgan fingerprint density at radius 1 is 0.938 bits per heavy atom. The number of hydrogen-bond donors (Lipinski definition) is 2. The van der Waals surface area contributed by atoms with Crippen molar-refractivity contribution >= 4 is 35.0 Å². The summed E-state index contributed by atoms with van der Waals surface area (Å²) in [4.78, 5) is 51.7. The summed E-state index contributed by atoms with van der Waals surface area (Å²) in [6, 6.07) is 14.3. The van der Waals surface area contributed by atoms with Gasteiger partial charge in [0.2, 0.25) is 11.8 Å². The topological polar surface area (TPSA) is 113 Å². The van der Waals surface area contributed by atoms with Gasteiger partial charge in [0, 0.05) is 43.3 Å². The highest BCUT2D eigenvalue weighted by Gasteiger charge is 2.34. The summed E-state index contributed by atoms with van der Waals surface area (Å²) in [7, 11) is 0. The van der Waals surface area contributed by atoms with Gasteiger partial charge in [-0.1, -0.05) is 12.1 Å². The number of nitrogens with two attached hydrogens (primary N) is 1. The lowest BCUT2D eigenvalue weighted by Crippen LogP contribution is -2.38. The average Bonchev–Trinajstić information content (AvgIpc) is 3.05. The van der Waals surface area contributed by atoms with Gasteiger partial charge in [-0.25, -0.2) is 0 Å². The number of piperidine rings is 1. The summed E-state index contributed by atoms with van der Waals surface area (Å²) in [6.45, 7) is 1.76. The first-order chi connectivity index (χ1) is 15.4. The molecule has 0 atom stereocenters. The lowest BCUT2D eigenvalue weighted by molar-refractivity contribution is -0.122. The second-order valence-electron chi connectivity index (χ2n) is 8.17. The molecule has 2 aliphatic rings. The van der Waals surface area contributed by atoms with Gasteiger partial charge in [-0.3, -0.25) is 24.1 Å². The van der Waals surface area contributed by atoms with Crippen molar-refractivity contribution in [3.8, 4) is 0 Å². The minimum absolute atomic E-state index is 0.0508. The van der Waals surface area contributed by atoms with Gasteiger partial charge in [-0.15, -0.1) is 0 Å². The first kappa shape index (κ1) is 21.5. The number of nitrogens with zero attached hydrogens (tertiary/aromatic N) is 2. The third kappa shape index (κ3) is 4.49. The second kappa shape index (κ2) is 9.21. The normalized spacial score (nSPS) is 16.2. The lowest BCUT2D eigenvalue weighted by Gasteiger charge is -2.32. The first-order valence-corrected chi connectivity index (χ1v) is 10.8. The van der Waals surface area contributed by atoms with Gasteiger partial charge in [0.25, 0.3) is 11.8 Å². The number of imide groups is 1. The van der Waals surface area contributed by atoms with Gasteiger partial charge in [-0.2, -0.15) is 0 Å². The van der Waals surface area contributed by atoms with E-state index in [0.717, 1.165) is 31.6 Å². The SMILES string of the molecule is NC(=O)C1CCN(c2ccc(NC(=O)CCCN3C(=O)c4ccccc4C3=O)cc2)CC1. The molecule has 4 rings (SSSR count). The van der Waals surface area contributed by atoms with Crippen LogP contribution < -0.4 is 16.0 Å². The van der Waals surface area contributed by atoms with Crippen LogP contribution in [0.25, 0.3) is 0 Å². The third-order valence-corrected chi connectivity index (χ3v) is 6.08. The maximum absolute atomic E-state index is 12.4. The third-order valence-electron chi connectivity index (χ3n) is 6.08. The number of carbonyl (C=O) groups excluding carboxylic acids is 4. The molecule has 0 unspecified atom stereocenters. The number of hydrogen-bond acceptors (Lipinski definition) is 5. The fraction of sp³-hybridized carbons (Fsp3) is 0.333. The van der Waals surface area contributed by atoms with Gasteiger partial charge in [-0.05, 0) is 55.7 Å². The van der Waals surface area contributed by atoms with Gasteiger partial charge >= 0.3 is 0 Å². The van der Waals surface area contributed by atoms with Crippen LogP contribution in [0.4, 0.5) is 11.4 Å². The smallest absolute Gasteiger partial charge is 0.261 e. The second-order valence-corrected chi connectivity index (χ2v) is 8.17. The van der Waals surface area contributed by atoms with Crippen molar-refractivity contribution in [3.63, 3.8) is 0 Å². The van der Waals surface area contributed by atoms with Crippen LogP contribution in [0.3, 0.4) is 0 Å². The molecule has 1 saturated heterocycles. The summed E-state index contributed by atoms with van der Waals surface area (Å²) in [5.74, 6) is -1.06. The summed E-state index contributed by atoms with van der Waals surface area (Å²) in [5.41, 5.74) is 7.95. The molecule has 3 N–H and O–H groups in total. The van der Waals surface area contributed by atoms with Gasteiger partial charge in [0.05, 0.1) is 11.1 Å². The van der Waals surface area contributed by atoms with Crippen LogP contribution in [0, 0.1) is 5.92 Å². The Kier molecular flexibility index (Phi) is 6.20. The van der Waals surface area contributed by atoms with E-state index in [1.165, 1.54) is 4.90 Å². The van der Waals surface area contributed by atoms with E-state index in [0.29, 0.717) is 23.2 Å². The summed E-state index contributed by atoms with van der Waals surface area (Å²) in [6.07, 6.45) is 2.10. The summed E-state index contributed by atoms with van der Waals surface area (Å²) < 4.78 is 0. The zero-order valence-electron chi connectivity index (χ0n) is 17.8.